The zero-order valence-electron chi connectivity index (χ0n) is 22.2. The average Bonchev–Trinajstić information content (AvgIpc) is 2.70. The Hall–Kier alpha value is -2.08. The molecule has 0 aromatic heterocycles. The summed E-state index contributed by atoms with van der Waals surface area (Å²) in [6, 6.07) is 8.75. The van der Waals surface area contributed by atoms with Crippen LogP contribution in [0.1, 0.15) is 80.8 Å². The monoisotopic (exact) mass is 457 g/mol. The van der Waals surface area contributed by atoms with Gasteiger partial charge in [0.25, 0.3) is 0 Å². The van der Waals surface area contributed by atoms with Gasteiger partial charge in [0.05, 0.1) is 0 Å². The third kappa shape index (κ3) is 6.50. The summed E-state index contributed by atoms with van der Waals surface area (Å²) in [5.74, 6) is 1.55. The second-order valence-electron chi connectivity index (χ2n) is 10.9. The maximum Gasteiger partial charge on any atom is 0.188 e. The lowest BCUT2D eigenvalue weighted by Gasteiger charge is -2.31. The van der Waals surface area contributed by atoms with E-state index in [1.165, 1.54) is 11.1 Å². The molecule has 2 aromatic rings. The highest BCUT2D eigenvalue weighted by molar-refractivity contribution is 5.57. The highest BCUT2D eigenvalue weighted by Gasteiger charge is 2.30. The minimum Gasteiger partial charge on any atom is -0.467 e. The molecule has 0 saturated carbocycles. The first-order valence-electron chi connectivity index (χ1n) is 11.6. The first-order chi connectivity index (χ1) is 15.3. The largest absolute Gasteiger partial charge is 0.467 e. The van der Waals surface area contributed by atoms with Crippen LogP contribution in [-0.2, 0) is 20.3 Å². The summed E-state index contributed by atoms with van der Waals surface area (Å²) in [5, 5.41) is 0. The molecule has 0 aliphatic rings. The van der Waals surface area contributed by atoms with E-state index in [0.29, 0.717) is 6.54 Å². The highest BCUT2D eigenvalue weighted by Crippen LogP contribution is 2.45. The minimum atomic E-state index is -0.120. The van der Waals surface area contributed by atoms with E-state index in [1.807, 2.05) is 0 Å². The Balaban J connectivity index is 2.87. The molecule has 0 bridgehead atoms. The van der Waals surface area contributed by atoms with Gasteiger partial charge in [0, 0.05) is 48.9 Å². The van der Waals surface area contributed by atoms with Gasteiger partial charge in [0.15, 0.2) is 13.6 Å². The van der Waals surface area contributed by atoms with Crippen LogP contribution in [0.3, 0.4) is 0 Å². The number of ether oxygens (including phenoxy) is 4. The van der Waals surface area contributed by atoms with Gasteiger partial charge >= 0.3 is 0 Å². The topological polar surface area (TPSA) is 62.9 Å². The molecule has 5 heteroatoms. The first-order valence-corrected chi connectivity index (χ1v) is 11.6. The zero-order chi connectivity index (χ0) is 25.0. The summed E-state index contributed by atoms with van der Waals surface area (Å²) in [5.41, 5.74) is 13.0. The van der Waals surface area contributed by atoms with Gasteiger partial charge in [0.1, 0.15) is 11.5 Å². The summed E-state index contributed by atoms with van der Waals surface area (Å²) in [6.07, 6.45) is 0. The Kier molecular flexibility index (Phi) is 8.97. The summed E-state index contributed by atoms with van der Waals surface area (Å²) < 4.78 is 23.0. The number of methoxy groups -OCH3 is 2. The van der Waals surface area contributed by atoms with Gasteiger partial charge < -0.3 is 24.7 Å². The van der Waals surface area contributed by atoms with Crippen LogP contribution in [0.25, 0.3) is 0 Å². The van der Waals surface area contributed by atoms with Crippen molar-refractivity contribution in [1.82, 2.24) is 0 Å². The summed E-state index contributed by atoms with van der Waals surface area (Å²) in [4.78, 5) is 0. The second-order valence-corrected chi connectivity index (χ2v) is 10.9. The van der Waals surface area contributed by atoms with Crippen molar-refractivity contribution in [2.75, 3.05) is 34.4 Å². The van der Waals surface area contributed by atoms with Crippen LogP contribution in [0, 0.1) is 13.8 Å². The van der Waals surface area contributed by atoms with Crippen LogP contribution in [-0.4, -0.2) is 34.4 Å². The lowest BCUT2D eigenvalue weighted by Crippen LogP contribution is -2.22. The van der Waals surface area contributed by atoms with Crippen molar-refractivity contribution in [2.45, 2.75) is 72.1 Å². The second kappa shape index (κ2) is 10.9. The van der Waals surface area contributed by atoms with E-state index in [1.54, 1.807) is 14.2 Å². The van der Waals surface area contributed by atoms with Crippen molar-refractivity contribution in [3.8, 4) is 11.5 Å². The Morgan fingerprint density at radius 1 is 0.697 bits per heavy atom. The van der Waals surface area contributed by atoms with Crippen molar-refractivity contribution < 1.29 is 18.9 Å². The molecule has 2 rings (SSSR count). The van der Waals surface area contributed by atoms with Crippen LogP contribution in [0.4, 0.5) is 0 Å². The van der Waals surface area contributed by atoms with Crippen molar-refractivity contribution in [2.24, 2.45) is 5.73 Å². The standard InChI is InChI=1S/C28H43NO4/c1-18-11-20(25(32-16-30-9)23(13-18)27(3,4)5)22(15-29)21-12-19(2)14-24(28(6,7)8)26(21)33-17-31-10/h11-14,22H,15-17,29H2,1-10H3. The molecule has 0 aliphatic heterocycles. The van der Waals surface area contributed by atoms with Gasteiger partial charge in [-0.1, -0.05) is 76.9 Å². The summed E-state index contributed by atoms with van der Waals surface area (Å²) in [7, 11) is 3.27. The number of rotatable bonds is 9. The van der Waals surface area contributed by atoms with Gasteiger partial charge in [-0.15, -0.1) is 0 Å². The Morgan fingerprint density at radius 2 is 1.06 bits per heavy atom. The molecular weight excluding hydrogens is 414 g/mol. The fraction of sp³-hybridized carbons (Fsp3) is 0.571. The summed E-state index contributed by atoms with van der Waals surface area (Å²) in [6.45, 7) is 18.2. The molecule has 2 aromatic carbocycles. The third-order valence-corrected chi connectivity index (χ3v) is 5.77. The van der Waals surface area contributed by atoms with E-state index in [2.05, 4.69) is 79.7 Å². The van der Waals surface area contributed by atoms with Gasteiger partial charge in [-0.3, -0.25) is 0 Å². The molecule has 0 fully saturated rings. The van der Waals surface area contributed by atoms with E-state index in [9.17, 15) is 0 Å². The fourth-order valence-corrected chi connectivity index (χ4v) is 4.21. The molecule has 0 saturated heterocycles. The van der Waals surface area contributed by atoms with Crippen molar-refractivity contribution >= 4 is 0 Å². The molecule has 184 valence electrons. The molecule has 0 unspecified atom stereocenters. The molecule has 0 radical (unpaired) electrons. The van der Waals surface area contributed by atoms with E-state index in [-0.39, 0.29) is 30.3 Å². The van der Waals surface area contributed by atoms with Crippen LogP contribution in [0.15, 0.2) is 24.3 Å². The normalized spacial score (nSPS) is 12.4. The average molecular weight is 458 g/mol. The van der Waals surface area contributed by atoms with Crippen molar-refractivity contribution in [3.63, 3.8) is 0 Å². The maximum atomic E-state index is 6.48. The molecule has 0 amide bonds. The molecule has 0 heterocycles. The molecule has 33 heavy (non-hydrogen) atoms. The highest BCUT2D eigenvalue weighted by atomic mass is 16.7. The Labute approximate surface area is 200 Å². The van der Waals surface area contributed by atoms with Gasteiger partial charge in [0.2, 0.25) is 0 Å². The van der Waals surface area contributed by atoms with E-state index < -0.39 is 0 Å². The Bertz CT molecular complexity index is 863. The predicted octanol–water partition coefficient (Wildman–Crippen LogP) is 5.95. The van der Waals surface area contributed by atoms with Crippen LogP contribution in [0.2, 0.25) is 0 Å². The first kappa shape index (κ1) is 27.2. The number of aryl methyl sites for hydroxylation is 2. The zero-order valence-corrected chi connectivity index (χ0v) is 22.2. The number of hydrogen-bond donors (Lipinski definition) is 1. The molecule has 0 aliphatic carbocycles. The predicted molar refractivity (Wildman–Crippen MR) is 136 cm³/mol. The SMILES string of the molecule is COCOc1c(C(CN)c2cc(C)cc(C(C)(C)C)c2OCOC)cc(C)cc1C(C)(C)C. The Morgan fingerprint density at radius 3 is 1.33 bits per heavy atom. The van der Waals surface area contributed by atoms with Crippen LogP contribution < -0.4 is 15.2 Å². The van der Waals surface area contributed by atoms with Crippen molar-refractivity contribution in [1.29, 1.82) is 0 Å². The number of nitrogens with two attached hydrogens (primary N) is 1. The quantitative estimate of drug-likeness (QED) is 0.471. The summed E-state index contributed by atoms with van der Waals surface area (Å²) >= 11 is 0. The maximum absolute atomic E-state index is 6.48. The van der Waals surface area contributed by atoms with Gasteiger partial charge in [-0.25, -0.2) is 0 Å². The minimum absolute atomic E-state index is 0.110. The number of hydrogen-bond acceptors (Lipinski definition) is 5. The number of benzene rings is 2. The van der Waals surface area contributed by atoms with E-state index in [4.69, 9.17) is 24.7 Å². The third-order valence-electron chi connectivity index (χ3n) is 5.77. The molecule has 2 N–H and O–H groups in total. The lowest BCUT2D eigenvalue weighted by molar-refractivity contribution is 0.0480. The lowest BCUT2D eigenvalue weighted by atomic mass is 9.78. The molecular formula is C28H43NO4. The van der Waals surface area contributed by atoms with Crippen molar-refractivity contribution in [3.05, 3.63) is 57.6 Å². The molecule has 0 spiro atoms. The molecule has 0 atom stereocenters. The van der Waals surface area contributed by atoms with E-state index >= 15 is 0 Å². The van der Waals surface area contributed by atoms with Gasteiger partial charge in [-0.05, 0) is 24.7 Å². The van der Waals surface area contributed by atoms with E-state index in [0.717, 1.165) is 33.8 Å². The van der Waals surface area contributed by atoms with Crippen LogP contribution >= 0.6 is 0 Å². The fourth-order valence-electron chi connectivity index (χ4n) is 4.21. The molecule has 5 nitrogen and oxygen atoms in total. The van der Waals surface area contributed by atoms with Crippen LogP contribution in [0.5, 0.6) is 11.5 Å². The van der Waals surface area contributed by atoms with Gasteiger partial charge in [-0.2, -0.15) is 0 Å². The smallest absolute Gasteiger partial charge is 0.188 e.